The van der Waals surface area contributed by atoms with E-state index in [2.05, 4.69) is 9.97 Å². The summed E-state index contributed by atoms with van der Waals surface area (Å²) in [5.74, 6) is 1.32. The van der Waals surface area contributed by atoms with Crippen molar-refractivity contribution in [3.05, 3.63) is 46.4 Å². The van der Waals surface area contributed by atoms with Gasteiger partial charge in [0.25, 0.3) is 5.56 Å². The van der Waals surface area contributed by atoms with E-state index in [1.807, 2.05) is 38.1 Å². The highest BCUT2D eigenvalue weighted by Crippen LogP contribution is 2.19. The summed E-state index contributed by atoms with van der Waals surface area (Å²) in [6.45, 7) is 4.13. The van der Waals surface area contributed by atoms with Gasteiger partial charge in [-0.2, -0.15) is 0 Å². The second kappa shape index (κ2) is 5.67. The van der Waals surface area contributed by atoms with Crippen molar-refractivity contribution in [3.8, 4) is 17.1 Å². The molecule has 100 valence electrons. The number of nitrogens with zero attached hydrogens (tertiary/aromatic N) is 1. The third-order valence-electron chi connectivity index (χ3n) is 2.59. The summed E-state index contributed by atoms with van der Waals surface area (Å²) in [5.41, 5.74) is 6.54. The first kappa shape index (κ1) is 13.3. The number of H-pyrrole nitrogens is 1. The van der Waals surface area contributed by atoms with Gasteiger partial charge in [-0.15, -0.1) is 0 Å². The smallest absolute Gasteiger partial charge is 0.255 e. The van der Waals surface area contributed by atoms with E-state index in [1.54, 1.807) is 0 Å². The molecule has 0 unspecified atom stereocenters. The molecule has 1 heterocycles. The summed E-state index contributed by atoms with van der Waals surface area (Å²) in [6.07, 6.45) is 1.64. The van der Waals surface area contributed by atoms with Gasteiger partial charge in [0.15, 0.2) is 0 Å². The Bertz CT molecular complexity index is 603. The molecule has 3 N–H and O–H groups in total. The maximum absolute atomic E-state index is 11.7. The van der Waals surface area contributed by atoms with Gasteiger partial charge in [0.05, 0.1) is 6.10 Å². The molecular weight excluding hydrogens is 242 g/mol. The Morgan fingerprint density at radius 3 is 2.53 bits per heavy atom. The van der Waals surface area contributed by atoms with Gasteiger partial charge in [-0.05, 0) is 38.1 Å². The van der Waals surface area contributed by atoms with Crippen LogP contribution in [0.25, 0.3) is 11.4 Å². The molecule has 0 aliphatic rings. The van der Waals surface area contributed by atoms with Crippen molar-refractivity contribution in [3.63, 3.8) is 0 Å². The van der Waals surface area contributed by atoms with Crippen LogP contribution in [-0.4, -0.2) is 16.1 Å². The molecule has 0 aliphatic carbocycles. The van der Waals surface area contributed by atoms with Crippen LogP contribution in [0.4, 0.5) is 0 Å². The average Bonchev–Trinajstić information content (AvgIpc) is 2.39. The fourth-order valence-electron chi connectivity index (χ4n) is 1.68. The molecule has 0 saturated carbocycles. The molecule has 0 spiro atoms. The average molecular weight is 259 g/mol. The molecule has 0 fully saturated rings. The van der Waals surface area contributed by atoms with E-state index in [4.69, 9.17) is 10.5 Å². The Morgan fingerprint density at radius 2 is 2.00 bits per heavy atom. The first-order valence-corrected chi connectivity index (χ1v) is 6.15. The highest BCUT2D eigenvalue weighted by molar-refractivity contribution is 5.55. The monoisotopic (exact) mass is 259 g/mol. The SMILES string of the molecule is CC(C)Oc1ccc(-c2ncc(CN)c(=O)[nH]2)cc1. The van der Waals surface area contributed by atoms with Crippen molar-refractivity contribution in [1.29, 1.82) is 0 Å². The third-order valence-corrected chi connectivity index (χ3v) is 2.59. The normalized spacial score (nSPS) is 10.7. The lowest BCUT2D eigenvalue weighted by Crippen LogP contribution is -2.17. The van der Waals surface area contributed by atoms with Crippen molar-refractivity contribution >= 4 is 0 Å². The fraction of sp³-hybridized carbons (Fsp3) is 0.286. The predicted molar refractivity (Wildman–Crippen MR) is 73.9 cm³/mol. The molecule has 0 aliphatic heterocycles. The van der Waals surface area contributed by atoms with Crippen molar-refractivity contribution in [1.82, 2.24) is 9.97 Å². The van der Waals surface area contributed by atoms with E-state index < -0.39 is 0 Å². The molecule has 1 aromatic carbocycles. The van der Waals surface area contributed by atoms with Gasteiger partial charge in [-0.25, -0.2) is 4.98 Å². The maximum atomic E-state index is 11.7. The second-order valence-corrected chi connectivity index (χ2v) is 4.48. The minimum atomic E-state index is -0.199. The summed E-state index contributed by atoms with van der Waals surface area (Å²) < 4.78 is 5.56. The topological polar surface area (TPSA) is 81.0 Å². The molecule has 2 rings (SSSR count). The van der Waals surface area contributed by atoms with Crippen LogP contribution in [0.15, 0.2) is 35.3 Å². The number of rotatable bonds is 4. The molecule has 19 heavy (non-hydrogen) atoms. The highest BCUT2D eigenvalue weighted by Gasteiger charge is 2.04. The minimum absolute atomic E-state index is 0.132. The van der Waals surface area contributed by atoms with Crippen molar-refractivity contribution in [2.24, 2.45) is 5.73 Å². The van der Waals surface area contributed by atoms with Crippen molar-refractivity contribution < 1.29 is 4.74 Å². The molecule has 0 amide bonds. The van der Waals surface area contributed by atoms with Crippen LogP contribution >= 0.6 is 0 Å². The van der Waals surface area contributed by atoms with Crippen LogP contribution in [0.3, 0.4) is 0 Å². The lowest BCUT2D eigenvalue weighted by Gasteiger charge is -2.09. The second-order valence-electron chi connectivity index (χ2n) is 4.48. The van der Waals surface area contributed by atoms with Gasteiger partial charge < -0.3 is 15.5 Å². The first-order chi connectivity index (χ1) is 9.10. The van der Waals surface area contributed by atoms with Crippen LogP contribution in [0.1, 0.15) is 19.4 Å². The van der Waals surface area contributed by atoms with E-state index >= 15 is 0 Å². The summed E-state index contributed by atoms with van der Waals surface area (Å²) in [4.78, 5) is 18.6. The number of hydrogen-bond acceptors (Lipinski definition) is 4. The highest BCUT2D eigenvalue weighted by atomic mass is 16.5. The number of benzene rings is 1. The molecule has 0 radical (unpaired) electrons. The van der Waals surface area contributed by atoms with Crippen LogP contribution in [0.5, 0.6) is 5.75 Å². The molecule has 0 saturated heterocycles. The molecule has 2 aromatic rings. The number of ether oxygens (including phenoxy) is 1. The number of nitrogens with two attached hydrogens (primary N) is 1. The number of aromatic nitrogens is 2. The van der Waals surface area contributed by atoms with Gasteiger partial charge in [-0.1, -0.05) is 0 Å². The Balaban J connectivity index is 2.27. The van der Waals surface area contributed by atoms with Gasteiger partial charge in [0.2, 0.25) is 0 Å². The van der Waals surface area contributed by atoms with Crippen LogP contribution < -0.4 is 16.0 Å². The molecule has 0 bridgehead atoms. The zero-order valence-electron chi connectivity index (χ0n) is 11.0. The molecule has 5 heteroatoms. The predicted octanol–water partition coefficient (Wildman–Crippen LogP) is 1.68. The van der Waals surface area contributed by atoms with E-state index in [0.29, 0.717) is 11.4 Å². The van der Waals surface area contributed by atoms with Gasteiger partial charge in [0, 0.05) is 23.9 Å². The van der Waals surface area contributed by atoms with Crippen LogP contribution in [0.2, 0.25) is 0 Å². The summed E-state index contributed by atoms with van der Waals surface area (Å²) in [6, 6.07) is 7.43. The van der Waals surface area contributed by atoms with E-state index in [9.17, 15) is 4.79 Å². The zero-order valence-corrected chi connectivity index (χ0v) is 11.0. The maximum Gasteiger partial charge on any atom is 0.255 e. The van der Waals surface area contributed by atoms with Gasteiger partial charge in [0.1, 0.15) is 11.6 Å². The quantitative estimate of drug-likeness (QED) is 0.875. The Hall–Kier alpha value is -2.14. The Labute approximate surface area is 111 Å². The Kier molecular flexibility index (Phi) is 3.97. The number of nitrogens with one attached hydrogen (secondary N) is 1. The lowest BCUT2D eigenvalue weighted by atomic mass is 10.2. The molecule has 0 atom stereocenters. The first-order valence-electron chi connectivity index (χ1n) is 6.15. The van der Waals surface area contributed by atoms with E-state index in [-0.39, 0.29) is 18.2 Å². The number of hydrogen-bond donors (Lipinski definition) is 2. The summed E-state index contributed by atoms with van der Waals surface area (Å²) >= 11 is 0. The zero-order chi connectivity index (χ0) is 13.8. The van der Waals surface area contributed by atoms with Crippen molar-refractivity contribution in [2.75, 3.05) is 0 Å². The van der Waals surface area contributed by atoms with Crippen LogP contribution in [-0.2, 0) is 6.54 Å². The molecule has 5 nitrogen and oxygen atoms in total. The standard InChI is InChI=1S/C14H17N3O2/c1-9(2)19-12-5-3-10(4-6-12)13-16-8-11(7-15)14(18)17-13/h3-6,8-9H,7,15H2,1-2H3,(H,16,17,18). The lowest BCUT2D eigenvalue weighted by molar-refractivity contribution is 0.242. The van der Waals surface area contributed by atoms with E-state index in [1.165, 1.54) is 6.20 Å². The van der Waals surface area contributed by atoms with Gasteiger partial charge in [-0.3, -0.25) is 4.79 Å². The summed E-state index contributed by atoms with van der Waals surface area (Å²) in [5, 5.41) is 0. The minimum Gasteiger partial charge on any atom is -0.491 e. The van der Waals surface area contributed by atoms with Gasteiger partial charge >= 0.3 is 0 Å². The molecular formula is C14H17N3O2. The largest absolute Gasteiger partial charge is 0.491 e. The third kappa shape index (κ3) is 3.20. The van der Waals surface area contributed by atoms with E-state index in [0.717, 1.165) is 11.3 Å². The molecule has 1 aromatic heterocycles. The van der Waals surface area contributed by atoms with Crippen molar-refractivity contribution in [2.45, 2.75) is 26.5 Å². The fourth-order valence-corrected chi connectivity index (χ4v) is 1.68. The number of aromatic amines is 1. The summed E-state index contributed by atoms with van der Waals surface area (Å²) in [7, 11) is 0. The Morgan fingerprint density at radius 1 is 1.32 bits per heavy atom. The van der Waals surface area contributed by atoms with Crippen LogP contribution in [0, 0.1) is 0 Å².